The van der Waals surface area contributed by atoms with E-state index < -0.39 is 10.0 Å². The lowest BCUT2D eigenvalue weighted by molar-refractivity contribution is 0.0939. The third kappa shape index (κ3) is 4.82. The molecule has 26 heavy (non-hydrogen) atoms. The lowest BCUT2D eigenvalue weighted by Crippen LogP contribution is -2.30. The van der Waals surface area contributed by atoms with Gasteiger partial charge in [0.2, 0.25) is 0 Å². The summed E-state index contributed by atoms with van der Waals surface area (Å²) in [5, 5.41) is 4.67. The van der Waals surface area contributed by atoms with E-state index >= 15 is 0 Å². The van der Waals surface area contributed by atoms with Crippen molar-refractivity contribution < 1.29 is 13.2 Å². The lowest BCUT2D eigenvalue weighted by atomic mass is 9.89. The number of anilines is 1. The monoisotopic (exact) mass is 393 g/mol. The molecule has 6 nitrogen and oxygen atoms in total. The summed E-state index contributed by atoms with van der Waals surface area (Å²) in [6.07, 6.45) is 6.03. The van der Waals surface area contributed by atoms with E-state index in [0.29, 0.717) is 12.5 Å². The van der Waals surface area contributed by atoms with Crippen LogP contribution in [0.4, 0.5) is 5.13 Å². The van der Waals surface area contributed by atoms with E-state index in [4.69, 9.17) is 0 Å². The minimum Gasteiger partial charge on any atom is -0.350 e. The minimum atomic E-state index is -3.71. The van der Waals surface area contributed by atoms with Crippen molar-refractivity contribution in [3.8, 4) is 0 Å². The number of hydrogen-bond acceptors (Lipinski definition) is 5. The number of aryl methyl sites for hydroxylation is 1. The maximum absolute atomic E-state index is 12.4. The second-order valence-electron chi connectivity index (χ2n) is 6.67. The van der Waals surface area contributed by atoms with Gasteiger partial charge in [-0.25, -0.2) is 13.4 Å². The summed E-state index contributed by atoms with van der Waals surface area (Å²) in [4.78, 5) is 16.5. The second kappa shape index (κ2) is 8.18. The summed E-state index contributed by atoms with van der Waals surface area (Å²) < 4.78 is 27.2. The maximum atomic E-state index is 12.4. The Kier molecular flexibility index (Phi) is 5.93. The van der Waals surface area contributed by atoms with Crippen molar-refractivity contribution in [2.24, 2.45) is 5.92 Å². The standard InChI is InChI=1S/C18H23N3O3S2/c1-13-7-9-15(10-8-13)26(23,24)21-18-20-16(12-25-18)17(22)19-11-14-5-3-2-4-6-14/h7-10,12,14H,2-6,11H2,1H3,(H,19,22)(H,20,21). The van der Waals surface area contributed by atoms with Crippen LogP contribution in [0, 0.1) is 12.8 Å². The van der Waals surface area contributed by atoms with E-state index in [-0.39, 0.29) is 21.6 Å². The number of benzene rings is 1. The Morgan fingerprint density at radius 1 is 1.19 bits per heavy atom. The molecule has 0 spiro atoms. The van der Waals surface area contributed by atoms with Crippen LogP contribution < -0.4 is 10.0 Å². The normalized spacial score (nSPS) is 15.6. The van der Waals surface area contributed by atoms with Gasteiger partial charge in [0.1, 0.15) is 5.69 Å². The molecule has 0 radical (unpaired) electrons. The van der Waals surface area contributed by atoms with Gasteiger partial charge in [-0.3, -0.25) is 9.52 Å². The van der Waals surface area contributed by atoms with Crippen molar-refractivity contribution in [1.82, 2.24) is 10.3 Å². The zero-order chi connectivity index (χ0) is 18.6. The smallest absolute Gasteiger partial charge is 0.270 e. The number of sulfonamides is 1. The van der Waals surface area contributed by atoms with Crippen molar-refractivity contribution in [1.29, 1.82) is 0 Å². The van der Waals surface area contributed by atoms with E-state index in [9.17, 15) is 13.2 Å². The van der Waals surface area contributed by atoms with Crippen molar-refractivity contribution in [3.05, 3.63) is 40.9 Å². The summed E-state index contributed by atoms with van der Waals surface area (Å²) in [6, 6.07) is 6.56. The molecular formula is C18H23N3O3S2. The van der Waals surface area contributed by atoms with Crippen molar-refractivity contribution in [2.45, 2.75) is 43.9 Å². The highest BCUT2D eigenvalue weighted by molar-refractivity contribution is 7.93. The van der Waals surface area contributed by atoms with E-state index in [1.54, 1.807) is 29.6 Å². The van der Waals surface area contributed by atoms with E-state index in [1.807, 2.05) is 6.92 Å². The largest absolute Gasteiger partial charge is 0.350 e. The first kappa shape index (κ1) is 18.8. The molecule has 0 unspecified atom stereocenters. The summed E-state index contributed by atoms with van der Waals surface area (Å²) >= 11 is 1.10. The molecule has 1 amide bonds. The SMILES string of the molecule is Cc1ccc(S(=O)(=O)Nc2nc(C(=O)NCC3CCCCC3)cs2)cc1. The van der Waals surface area contributed by atoms with Crippen LogP contribution in [0.15, 0.2) is 34.5 Å². The van der Waals surface area contributed by atoms with E-state index in [2.05, 4.69) is 15.0 Å². The number of thiazole rings is 1. The molecule has 1 saturated carbocycles. The fraction of sp³-hybridized carbons (Fsp3) is 0.444. The molecule has 0 atom stereocenters. The van der Waals surface area contributed by atoms with Gasteiger partial charge in [-0.1, -0.05) is 37.0 Å². The molecule has 1 aliphatic rings. The predicted octanol–water partition coefficient (Wildman–Crippen LogP) is 3.56. The number of amides is 1. The van der Waals surface area contributed by atoms with Crippen LogP contribution in [0.5, 0.6) is 0 Å². The number of carbonyl (C=O) groups excluding carboxylic acids is 1. The fourth-order valence-corrected chi connectivity index (χ4v) is 4.98. The van der Waals surface area contributed by atoms with Gasteiger partial charge in [-0.15, -0.1) is 11.3 Å². The van der Waals surface area contributed by atoms with Crippen molar-refractivity contribution >= 4 is 32.4 Å². The molecule has 1 heterocycles. The molecule has 1 aromatic heterocycles. The van der Waals surface area contributed by atoms with Gasteiger partial charge in [0.15, 0.2) is 5.13 Å². The van der Waals surface area contributed by atoms with Gasteiger partial charge in [0, 0.05) is 11.9 Å². The Morgan fingerprint density at radius 2 is 1.88 bits per heavy atom. The van der Waals surface area contributed by atoms with Crippen LogP contribution in [-0.4, -0.2) is 25.9 Å². The average Bonchev–Trinajstić information content (AvgIpc) is 3.09. The molecule has 3 rings (SSSR count). The van der Waals surface area contributed by atoms with Gasteiger partial charge in [-0.2, -0.15) is 0 Å². The molecular weight excluding hydrogens is 370 g/mol. The summed E-state index contributed by atoms with van der Waals surface area (Å²) in [6.45, 7) is 2.55. The molecule has 0 aliphatic heterocycles. The quantitative estimate of drug-likeness (QED) is 0.785. The first-order valence-electron chi connectivity index (χ1n) is 8.77. The zero-order valence-electron chi connectivity index (χ0n) is 14.7. The van der Waals surface area contributed by atoms with E-state index in [0.717, 1.165) is 29.7 Å². The second-order valence-corrected chi connectivity index (χ2v) is 9.21. The minimum absolute atomic E-state index is 0.168. The Hall–Kier alpha value is -1.93. The Bertz CT molecular complexity index is 854. The molecule has 1 aliphatic carbocycles. The van der Waals surface area contributed by atoms with Crippen LogP contribution in [0.3, 0.4) is 0 Å². The Morgan fingerprint density at radius 3 is 2.58 bits per heavy atom. The summed E-state index contributed by atoms with van der Waals surface area (Å²) in [5.74, 6) is 0.276. The van der Waals surface area contributed by atoms with Gasteiger partial charge in [0.05, 0.1) is 4.90 Å². The van der Waals surface area contributed by atoms with E-state index in [1.165, 1.54) is 19.3 Å². The molecule has 0 saturated heterocycles. The molecule has 1 fully saturated rings. The van der Waals surface area contributed by atoms with Gasteiger partial charge in [-0.05, 0) is 37.8 Å². The van der Waals surface area contributed by atoms with Gasteiger partial charge in [0.25, 0.3) is 15.9 Å². The van der Waals surface area contributed by atoms with Crippen LogP contribution in [0.2, 0.25) is 0 Å². The first-order chi connectivity index (χ1) is 12.4. The fourth-order valence-electron chi connectivity index (χ4n) is 3.04. The highest BCUT2D eigenvalue weighted by Gasteiger charge is 2.19. The van der Waals surface area contributed by atoms with Gasteiger partial charge >= 0.3 is 0 Å². The predicted molar refractivity (Wildman–Crippen MR) is 103 cm³/mol. The van der Waals surface area contributed by atoms with Crippen LogP contribution in [0.25, 0.3) is 0 Å². The van der Waals surface area contributed by atoms with Crippen LogP contribution >= 0.6 is 11.3 Å². The summed E-state index contributed by atoms with van der Waals surface area (Å²) in [7, 11) is -3.71. The van der Waals surface area contributed by atoms with Crippen LogP contribution in [0.1, 0.15) is 48.2 Å². The number of rotatable bonds is 6. The number of hydrogen-bond donors (Lipinski definition) is 2. The molecule has 140 valence electrons. The third-order valence-electron chi connectivity index (χ3n) is 4.57. The summed E-state index contributed by atoms with van der Waals surface area (Å²) in [5.41, 5.74) is 1.22. The van der Waals surface area contributed by atoms with Gasteiger partial charge < -0.3 is 5.32 Å². The topological polar surface area (TPSA) is 88.2 Å². The molecule has 2 aromatic rings. The first-order valence-corrected chi connectivity index (χ1v) is 11.1. The van der Waals surface area contributed by atoms with Crippen LogP contribution in [-0.2, 0) is 10.0 Å². The Balaban J connectivity index is 1.60. The Labute approximate surface area is 158 Å². The maximum Gasteiger partial charge on any atom is 0.270 e. The zero-order valence-corrected chi connectivity index (χ0v) is 16.3. The lowest BCUT2D eigenvalue weighted by Gasteiger charge is -2.21. The highest BCUT2D eigenvalue weighted by Crippen LogP contribution is 2.23. The third-order valence-corrected chi connectivity index (χ3v) is 6.81. The number of nitrogens with zero attached hydrogens (tertiary/aromatic N) is 1. The molecule has 8 heteroatoms. The number of nitrogens with one attached hydrogen (secondary N) is 2. The van der Waals surface area contributed by atoms with Crippen molar-refractivity contribution in [2.75, 3.05) is 11.3 Å². The highest BCUT2D eigenvalue weighted by atomic mass is 32.2. The number of carbonyl (C=O) groups is 1. The average molecular weight is 394 g/mol. The molecule has 2 N–H and O–H groups in total. The molecule has 0 bridgehead atoms. The van der Waals surface area contributed by atoms with Crippen molar-refractivity contribution in [3.63, 3.8) is 0 Å². The number of aromatic nitrogens is 1. The molecule has 1 aromatic carbocycles.